The van der Waals surface area contributed by atoms with Crippen LogP contribution in [-0.2, 0) is 0 Å². The summed E-state index contributed by atoms with van der Waals surface area (Å²) in [6, 6.07) is 98.5. The predicted molar refractivity (Wildman–Crippen MR) is 359 cm³/mol. The Morgan fingerprint density at radius 3 is 0.966 bits per heavy atom. The molecule has 0 aliphatic carbocycles. The lowest BCUT2D eigenvalue weighted by Crippen LogP contribution is -2.16. The largest absolute Gasteiger partial charge is 0.456 e. The van der Waals surface area contributed by atoms with Gasteiger partial charge in [0.2, 0.25) is 0 Å². The lowest BCUT2D eigenvalue weighted by molar-refractivity contribution is 0.669. The molecule has 0 amide bonds. The average molecular weight is 1110 g/mol. The third-order valence-electron chi connectivity index (χ3n) is 18.5. The zero-order chi connectivity index (χ0) is 57.2. The van der Waals surface area contributed by atoms with Crippen LogP contribution in [0, 0.1) is 18.3 Å². The van der Waals surface area contributed by atoms with Crippen molar-refractivity contribution < 1.29 is 8.83 Å². The number of hydrogen-bond donors (Lipinski definition) is 0. The molecule has 404 valence electrons. The van der Waals surface area contributed by atoms with Gasteiger partial charge in [-0.1, -0.05) is 182 Å². The molecule has 0 N–H and O–H groups in total. The minimum Gasteiger partial charge on any atom is -0.456 e. The number of nitrogens with zero attached hydrogens (tertiary/aromatic N) is 5. The van der Waals surface area contributed by atoms with Gasteiger partial charge >= 0.3 is 0 Å². The van der Waals surface area contributed by atoms with E-state index in [2.05, 4.69) is 286 Å². The van der Waals surface area contributed by atoms with Gasteiger partial charge in [-0.05, 0) is 114 Å². The van der Waals surface area contributed by atoms with Gasteiger partial charge in [0.15, 0.2) is 0 Å². The maximum atomic E-state index is 13.0. The molecule has 13 aromatic carbocycles. The molecule has 6 aromatic heterocycles. The fourth-order valence-electron chi connectivity index (χ4n) is 14.8. The molecule has 0 unspecified atom stereocenters. The van der Waals surface area contributed by atoms with Gasteiger partial charge in [0, 0.05) is 70.2 Å². The van der Waals surface area contributed by atoms with Crippen LogP contribution in [0.25, 0.3) is 176 Å². The Morgan fingerprint density at radius 2 is 0.575 bits per heavy atom. The van der Waals surface area contributed by atoms with Crippen molar-refractivity contribution >= 4 is 131 Å². The fourth-order valence-corrected chi connectivity index (χ4v) is 14.8. The fraction of sp³-hybridized carbons (Fsp3) is 0.0125. The van der Waals surface area contributed by atoms with Crippen molar-refractivity contribution in [2.24, 2.45) is 0 Å². The van der Waals surface area contributed by atoms with E-state index >= 15 is 0 Å². The molecule has 87 heavy (non-hydrogen) atoms. The van der Waals surface area contributed by atoms with Gasteiger partial charge in [-0.15, -0.1) is 0 Å². The van der Waals surface area contributed by atoms with Crippen LogP contribution in [0.4, 0.5) is 0 Å². The molecular weight excluding hydrogens is 1060 g/mol. The lowest BCUT2D eigenvalue weighted by atomic mass is 9.98. The van der Waals surface area contributed by atoms with E-state index in [4.69, 9.17) is 8.83 Å². The lowest BCUT2D eigenvalue weighted by Gasteiger charge is -2.28. The van der Waals surface area contributed by atoms with Crippen LogP contribution in [-0.4, -0.2) is 18.3 Å². The molecule has 0 radical (unpaired) electrons. The molecule has 6 heterocycles. The van der Waals surface area contributed by atoms with Gasteiger partial charge in [0.1, 0.15) is 34.0 Å². The van der Waals surface area contributed by atoms with Crippen molar-refractivity contribution in [2.75, 3.05) is 0 Å². The van der Waals surface area contributed by atoms with Crippen molar-refractivity contribution in [1.29, 1.82) is 5.26 Å². The number of benzene rings is 13. The Morgan fingerprint density at radius 1 is 0.253 bits per heavy atom. The molecule has 0 atom stereocenters. The summed E-state index contributed by atoms with van der Waals surface area (Å²) in [5.74, 6) is 0. The number of para-hydroxylation sites is 6. The van der Waals surface area contributed by atoms with E-state index in [1.54, 1.807) is 0 Å². The zero-order valence-corrected chi connectivity index (χ0v) is 47.0. The minimum atomic E-state index is 0.514. The van der Waals surface area contributed by atoms with Gasteiger partial charge in [-0.3, -0.25) is 0 Å². The molecule has 0 bridgehead atoms. The van der Waals surface area contributed by atoms with E-state index in [0.717, 1.165) is 182 Å². The standard InChI is InChI=1S/C80H47N5O2/c1-47-77(84-69-38-36-50(48-20-4-2-5-21-48)40-58(69)60-44-75-62(42-71(60)84)56-28-12-18-34-73(56)86-75)79(82-65-30-14-8-24-52(65)53-25-9-15-31-66(53)82)64(46-81)80(83-67-32-16-10-26-54(67)55-27-11-17-33-68(55)83)78(47)85-70-39-37-51(49-22-6-3-7-23-49)41-59(70)61-45-76-63(43-72(61)85)57-29-13-19-35-74(57)87-76/h2-45H,1H3. The quantitative estimate of drug-likeness (QED) is 0.167. The number of furan rings is 2. The van der Waals surface area contributed by atoms with Gasteiger partial charge in [-0.2, -0.15) is 5.26 Å². The minimum absolute atomic E-state index is 0.514. The second-order valence-electron chi connectivity index (χ2n) is 23.0. The van der Waals surface area contributed by atoms with Crippen molar-refractivity contribution in [3.05, 3.63) is 278 Å². The summed E-state index contributed by atoms with van der Waals surface area (Å²) in [7, 11) is 0. The van der Waals surface area contributed by atoms with Crippen molar-refractivity contribution in [2.45, 2.75) is 6.92 Å². The topological polar surface area (TPSA) is 69.8 Å². The molecule has 0 fully saturated rings. The van der Waals surface area contributed by atoms with E-state index < -0.39 is 0 Å². The van der Waals surface area contributed by atoms with Crippen LogP contribution in [0.1, 0.15) is 11.1 Å². The Labute approximate surface area is 496 Å². The maximum absolute atomic E-state index is 13.0. The van der Waals surface area contributed by atoms with Crippen molar-refractivity contribution in [1.82, 2.24) is 18.3 Å². The number of aromatic nitrogens is 4. The molecule has 0 aliphatic rings. The molecule has 0 spiro atoms. The summed E-state index contributed by atoms with van der Waals surface area (Å²) in [6.45, 7) is 2.30. The van der Waals surface area contributed by atoms with Gasteiger partial charge in [-0.25, -0.2) is 0 Å². The maximum Gasteiger partial charge on any atom is 0.136 e. The average Bonchev–Trinajstić information content (AvgIpc) is 1.82. The van der Waals surface area contributed by atoms with Crippen molar-refractivity contribution in [3.63, 3.8) is 0 Å². The van der Waals surface area contributed by atoms with Crippen LogP contribution in [0.2, 0.25) is 0 Å². The molecular formula is C80H47N5O2. The van der Waals surface area contributed by atoms with E-state index in [1.807, 2.05) is 12.1 Å². The zero-order valence-electron chi connectivity index (χ0n) is 47.0. The third-order valence-corrected chi connectivity index (χ3v) is 18.5. The summed E-state index contributed by atoms with van der Waals surface area (Å²) in [5, 5.41) is 25.7. The van der Waals surface area contributed by atoms with Crippen LogP contribution in [0.5, 0.6) is 0 Å². The molecule has 7 heteroatoms. The Hall–Kier alpha value is -11.9. The highest BCUT2D eigenvalue weighted by atomic mass is 16.3. The summed E-state index contributed by atoms with van der Waals surface area (Å²) in [4.78, 5) is 0. The van der Waals surface area contributed by atoms with Gasteiger partial charge < -0.3 is 27.1 Å². The summed E-state index contributed by atoms with van der Waals surface area (Å²) >= 11 is 0. The highest BCUT2D eigenvalue weighted by Crippen LogP contribution is 2.51. The van der Waals surface area contributed by atoms with Crippen LogP contribution in [0.3, 0.4) is 0 Å². The molecule has 19 aromatic rings. The monoisotopic (exact) mass is 1110 g/mol. The summed E-state index contributed by atoms with van der Waals surface area (Å²) in [5.41, 5.74) is 20.4. The number of hydrogen-bond acceptors (Lipinski definition) is 3. The van der Waals surface area contributed by atoms with Crippen LogP contribution < -0.4 is 0 Å². The molecule has 19 rings (SSSR count). The molecule has 0 saturated heterocycles. The summed E-state index contributed by atoms with van der Waals surface area (Å²) < 4.78 is 23.3. The Bertz CT molecular complexity index is 5740. The van der Waals surface area contributed by atoms with Crippen LogP contribution >= 0.6 is 0 Å². The first-order chi connectivity index (χ1) is 43.1. The highest BCUT2D eigenvalue weighted by molar-refractivity contribution is 6.21. The molecule has 7 nitrogen and oxygen atoms in total. The molecule has 0 aliphatic heterocycles. The molecule has 0 saturated carbocycles. The first-order valence-corrected chi connectivity index (χ1v) is 29.5. The van der Waals surface area contributed by atoms with E-state index in [-0.39, 0.29) is 0 Å². The van der Waals surface area contributed by atoms with Gasteiger partial charge in [0.05, 0.1) is 66.9 Å². The smallest absolute Gasteiger partial charge is 0.136 e. The van der Waals surface area contributed by atoms with E-state index in [9.17, 15) is 5.26 Å². The second-order valence-corrected chi connectivity index (χ2v) is 23.0. The highest BCUT2D eigenvalue weighted by Gasteiger charge is 2.34. The number of fused-ring (bicyclic) bond motifs is 18. The Balaban J connectivity index is 1.08. The van der Waals surface area contributed by atoms with Crippen molar-refractivity contribution in [3.8, 4) is 51.1 Å². The number of rotatable bonds is 6. The third kappa shape index (κ3) is 6.58. The van der Waals surface area contributed by atoms with E-state index in [0.29, 0.717) is 5.56 Å². The second kappa shape index (κ2) is 17.8. The van der Waals surface area contributed by atoms with Crippen LogP contribution in [0.15, 0.2) is 276 Å². The first kappa shape index (κ1) is 47.6. The predicted octanol–water partition coefficient (Wildman–Crippen LogP) is 21.4. The SMILES string of the molecule is Cc1c(-n2c3ccc(-c4ccccc4)cc3c3cc4oc5ccccc5c4cc32)c(-n2c3ccccc3c3ccccc32)c(C#N)c(-n2c3ccccc3c3ccccc32)c1-n1c2ccc(-c3ccccc3)cc2c2cc3oc4ccccc4c3cc21. The first-order valence-electron chi connectivity index (χ1n) is 29.5. The normalized spacial score (nSPS) is 12.2. The Kier molecular flexibility index (Phi) is 9.76. The summed E-state index contributed by atoms with van der Waals surface area (Å²) in [6.07, 6.45) is 0. The van der Waals surface area contributed by atoms with Gasteiger partial charge in [0.25, 0.3) is 0 Å². The number of nitriles is 1. The van der Waals surface area contributed by atoms with E-state index in [1.165, 1.54) is 0 Å².